The first-order valence-electron chi connectivity index (χ1n) is 11.2. The van der Waals surface area contributed by atoms with Gasteiger partial charge < -0.3 is 24.7 Å². The Balaban J connectivity index is 1.60. The Hall–Kier alpha value is -3.02. The van der Waals surface area contributed by atoms with Crippen LogP contribution in [0.3, 0.4) is 0 Å². The number of nitrogens with two attached hydrogens (primary N) is 1. The van der Waals surface area contributed by atoms with Crippen LogP contribution in [0.2, 0.25) is 0 Å². The van der Waals surface area contributed by atoms with Crippen LogP contribution in [0.1, 0.15) is 37.7 Å². The van der Waals surface area contributed by atoms with Gasteiger partial charge in [0.15, 0.2) is 17.3 Å². The van der Waals surface area contributed by atoms with E-state index in [1.165, 1.54) is 0 Å². The van der Waals surface area contributed by atoms with Crippen molar-refractivity contribution in [1.82, 2.24) is 4.90 Å². The molecule has 0 spiro atoms. The number of rotatable bonds is 7. The molecule has 1 saturated heterocycles. The van der Waals surface area contributed by atoms with E-state index in [0.717, 1.165) is 44.8 Å². The summed E-state index contributed by atoms with van der Waals surface area (Å²) < 4.78 is 22.9. The predicted molar refractivity (Wildman–Crippen MR) is 117 cm³/mol. The topological polar surface area (TPSA) is 107 Å². The number of Topliss-reactive ketones (excluding diaryl/α,β-unsaturated/α-hetero) is 1. The summed E-state index contributed by atoms with van der Waals surface area (Å²) in [5.41, 5.74) is 7.60. The average Bonchev–Trinajstić information content (AvgIpc) is 2.80. The average molecular weight is 440 g/mol. The Morgan fingerprint density at radius 1 is 1.22 bits per heavy atom. The molecule has 0 amide bonds. The third kappa shape index (κ3) is 4.59. The zero-order chi connectivity index (χ0) is 22.5. The van der Waals surface area contributed by atoms with Crippen LogP contribution in [0.4, 0.5) is 0 Å². The lowest BCUT2D eigenvalue weighted by molar-refractivity contribution is -0.116. The maximum Gasteiger partial charge on any atom is 0.205 e. The molecule has 0 bridgehead atoms. The van der Waals surface area contributed by atoms with Crippen molar-refractivity contribution in [1.29, 1.82) is 5.26 Å². The first kappa shape index (κ1) is 22.2. The predicted octanol–water partition coefficient (Wildman–Crippen LogP) is 2.61. The van der Waals surface area contributed by atoms with Crippen LogP contribution in [0, 0.1) is 11.3 Å². The first-order valence-corrected chi connectivity index (χ1v) is 11.2. The molecule has 1 aromatic carbocycles. The number of ketones is 1. The van der Waals surface area contributed by atoms with Gasteiger partial charge in [-0.2, -0.15) is 5.26 Å². The maximum atomic E-state index is 12.8. The molecule has 1 unspecified atom stereocenters. The number of carbonyl (C=O) groups is 1. The highest BCUT2D eigenvalue weighted by atomic mass is 16.5. The van der Waals surface area contributed by atoms with E-state index in [1.807, 2.05) is 25.1 Å². The van der Waals surface area contributed by atoms with E-state index in [2.05, 4.69) is 11.0 Å². The molecule has 1 aromatic rings. The van der Waals surface area contributed by atoms with Crippen LogP contribution in [0.5, 0.6) is 11.5 Å². The largest absolute Gasteiger partial charge is 0.490 e. The number of nitrogens with zero attached hydrogens (tertiary/aromatic N) is 2. The van der Waals surface area contributed by atoms with Crippen LogP contribution in [0.15, 0.2) is 41.0 Å². The lowest BCUT2D eigenvalue weighted by Crippen LogP contribution is -2.38. The number of carbonyl (C=O) groups excluding carboxylic acids is 1. The van der Waals surface area contributed by atoms with Crippen LogP contribution in [0.25, 0.3) is 0 Å². The van der Waals surface area contributed by atoms with Crippen LogP contribution >= 0.6 is 0 Å². The van der Waals surface area contributed by atoms with Gasteiger partial charge in [0.2, 0.25) is 5.88 Å². The Labute approximate surface area is 188 Å². The summed E-state index contributed by atoms with van der Waals surface area (Å²) in [6, 6.07) is 7.71. The molecule has 1 aliphatic carbocycles. The van der Waals surface area contributed by atoms with Crippen LogP contribution in [-0.4, -0.2) is 56.7 Å². The van der Waals surface area contributed by atoms with Crippen molar-refractivity contribution in [3.05, 3.63) is 46.6 Å². The second-order valence-electron chi connectivity index (χ2n) is 7.98. The summed E-state index contributed by atoms with van der Waals surface area (Å²) in [5, 5.41) is 9.77. The third-order valence-electron chi connectivity index (χ3n) is 5.97. The number of hydrogen-bond acceptors (Lipinski definition) is 8. The molecule has 0 aromatic heterocycles. The molecular weight excluding hydrogens is 410 g/mol. The highest BCUT2D eigenvalue weighted by molar-refractivity contribution is 5.99. The van der Waals surface area contributed by atoms with E-state index >= 15 is 0 Å². The quantitative estimate of drug-likeness (QED) is 0.691. The van der Waals surface area contributed by atoms with Gasteiger partial charge in [-0.05, 0) is 31.0 Å². The normalized spacial score (nSPS) is 21.6. The standard InChI is InChI=1S/C24H29N3O5/c1-2-30-21-14-16(6-7-19(21)31-13-10-27-8-11-29-12-9-27)22-17(15-25)24(26)32-20-5-3-4-18(28)23(20)22/h6-7,14,22H,2-5,8-13,26H2,1H3. The zero-order valence-corrected chi connectivity index (χ0v) is 18.4. The molecule has 0 saturated carbocycles. The lowest BCUT2D eigenvalue weighted by atomic mass is 9.77. The Bertz CT molecular complexity index is 972. The van der Waals surface area contributed by atoms with E-state index in [0.29, 0.717) is 48.9 Å². The molecule has 170 valence electrons. The minimum atomic E-state index is -0.557. The Morgan fingerprint density at radius 2 is 2.03 bits per heavy atom. The molecule has 4 rings (SSSR count). The second kappa shape index (κ2) is 10.1. The first-order chi connectivity index (χ1) is 15.6. The minimum absolute atomic E-state index is 0.000276. The van der Waals surface area contributed by atoms with E-state index in [1.54, 1.807) is 0 Å². The van der Waals surface area contributed by atoms with Gasteiger partial charge in [0, 0.05) is 38.0 Å². The fourth-order valence-electron chi connectivity index (χ4n) is 4.39. The second-order valence-corrected chi connectivity index (χ2v) is 7.98. The molecule has 2 heterocycles. The molecule has 32 heavy (non-hydrogen) atoms. The smallest absolute Gasteiger partial charge is 0.205 e. The Morgan fingerprint density at radius 3 is 2.78 bits per heavy atom. The number of benzene rings is 1. The van der Waals surface area contributed by atoms with Crippen molar-refractivity contribution in [2.75, 3.05) is 46.1 Å². The van der Waals surface area contributed by atoms with Crippen LogP contribution in [-0.2, 0) is 14.3 Å². The van der Waals surface area contributed by atoms with E-state index in [9.17, 15) is 10.1 Å². The number of ether oxygens (including phenoxy) is 4. The van der Waals surface area contributed by atoms with Gasteiger partial charge in [-0.25, -0.2) is 0 Å². The number of nitriles is 1. The van der Waals surface area contributed by atoms with Gasteiger partial charge in [-0.15, -0.1) is 0 Å². The van der Waals surface area contributed by atoms with Gasteiger partial charge in [-0.1, -0.05) is 6.07 Å². The molecule has 8 nitrogen and oxygen atoms in total. The van der Waals surface area contributed by atoms with E-state index in [-0.39, 0.29) is 17.2 Å². The number of allylic oxidation sites excluding steroid dienone is 3. The van der Waals surface area contributed by atoms with Gasteiger partial charge in [0.1, 0.15) is 24.0 Å². The summed E-state index contributed by atoms with van der Waals surface area (Å²) in [6.45, 7) is 7.01. The summed E-state index contributed by atoms with van der Waals surface area (Å²) in [4.78, 5) is 15.1. The molecule has 3 aliphatic rings. The van der Waals surface area contributed by atoms with Crippen molar-refractivity contribution in [3.63, 3.8) is 0 Å². The number of morpholine rings is 1. The van der Waals surface area contributed by atoms with Crippen molar-refractivity contribution in [2.45, 2.75) is 32.1 Å². The zero-order valence-electron chi connectivity index (χ0n) is 18.4. The van der Waals surface area contributed by atoms with Crippen molar-refractivity contribution in [3.8, 4) is 17.6 Å². The molecule has 1 atom stereocenters. The summed E-state index contributed by atoms with van der Waals surface area (Å²) in [7, 11) is 0. The van der Waals surface area contributed by atoms with E-state index < -0.39 is 5.92 Å². The fourth-order valence-corrected chi connectivity index (χ4v) is 4.39. The number of hydrogen-bond donors (Lipinski definition) is 1. The van der Waals surface area contributed by atoms with E-state index in [4.69, 9.17) is 24.7 Å². The molecule has 2 N–H and O–H groups in total. The highest BCUT2D eigenvalue weighted by Crippen LogP contribution is 2.45. The molecule has 0 radical (unpaired) electrons. The molecule has 2 aliphatic heterocycles. The minimum Gasteiger partial charge on any atom is -0.490 e. The summed E-state index contributed by atoms with van der Waals surface area (Å²) in [6.07, 6.45) is 1.80. The summed E-state index contributed by atoms with van der Waals surface area (Å²) in [5.74, 6) is 1.30. The van der Waals surface area contributed by atoms with Gasteiger partial charge in [-0.3, -0.25) is 9.69 Å². The van der Waals surface area contributed by atoms with Gasteiger partial charge in [0.05, 0.1) is 25.7 Å². The van der Waals surface area contributed by atoms with Gasteiger partial charge >= 0.3 is 0 Å². The van der Waals surface area contributed by atoms with Crippen molar-refractivity contribution in [2.24, 2.45) is 5.73 Å². The maximum absolute atomic E-state index is 12.8. The highest BCUT2D eigenvalue weighted by Gasteiger charge is 2.38. The molecule has 8 heteroatoms. The monoisotopic (exact) mass is 439 g/mol. The third-order valence-corrected chi connectivity index (χ3v) is 5.97. The summed E-state index contributed by atoms with van der Waals surface area (Å²) >= 11 is 0. The Kier molecular flexibility index (Phi) is 6.98. The van der Waals surface area contributed by atoms with Crippen molar-refractivity contribution >= 4 is 5.78 Å². The lowest BCUT2D eigenvalue weighted by Gasteiger charge is -2.31. The van der Waals surface area contributed by atoms with Gasteiger partial charge in [0.25, 0.3) is 0 Å². The fraction of sp³-hybridized carbons (Fsp3) is 0.500. The SMILES string of the molecule is CCOc1cc(C2C(C#N)=C(N)OC3=C2C(=O)CCC3)ccc1OCCN1CCOCC1. The molecule has 1 fully saturated rings. The van der Waals surface area contributed by atoms with Crippen LogP contribution < -0.4 is 15.2 Å². The van der Waals surface area contributed by atoms with Crippen molar-refractivity contribution < 1.29 is 23.7 Å². The molecular formula is C24H29N3O5.